The van der Waals surface area contributed by atoms with E-state index in [1.165, 1.54) is 19.3 Å². The highest BCUT2D eigenvalue weighted by molar-refractivity contribution is 5.77. The Balaban J connectivity index is 1.39. The van der Waals surface area contributed by atoms with Gasteiger partial charge in [-0.15, -0.1) is 5.10 Å². The van der Waals surface area contributed by atoms with E-state index < -0.39 is 0 Å². The van der Waals surface area contributed by atoms with E-state index >= 15 is 0 Å². The Morgan fingerprint density at radius 3 is 2.72 bits per heavy atom. The third kappa shape index (κ3) is 2.93. The van der Waals surface area contributed by atoms with Crippen LogP contribution in [0, 0.1) is 0 Å². The summed E-state index contributed by atoms with van der Waals surface area (Å²) >= 11 is 0. The predicted molar refractivity (Wildman–Crippen MR) is 105 cm³/mol. The van der Waals surface area contributed by atoms with Crippen molar-refractivity contribution in [3.05, 3.63) is 37.1 Å². The van der Waals surface area contributed by atoms with Crippen LogP contribution < -0.4 is 0 Å². The first-order chi connectivity index (χ1) is 14.3. The van der Waals surface area contributed by atoms with Crippen LogP contribution in [0.2, 0.25) is 0 Å². The predicted octanol–water partition coefficient (Wildman–Crippen LogP) is 3.28. The minimum atomic E-state index is -0.0916. The molecule has 29 heavy (non-hydrogen) atoms. The molecule has 5 heterocycles. The van der Waals surface area contributed by atoms with Gasteiger partial charge >= 0.3 is 0 Å². The molecule has 4 aromatic rings. The molecule has 9 nitrogen and oxygen atoms in total. The maximum absolute atomic E-state index is 5.79. The smallest absolute Gasteiger partial charge is 0.169 e. The molecule has 0 N–H and O–H groups in total. The van der Waals surface area contributed by atoms with Gasteiger partial charge in [-0.25, -0.2) is 9.50 Å². The number of ether oxygens (including phenoxy) is 1. The average Bonchev–Trinajstić information content (AvgIpc) is 3.47. The molecular formula is C20H22N8O. The topological polar surface area (TPSA) is 88.0 Å². The van der Waals surface area contributed by atoms with Gasteiger partial charge in [-0.05, 0) is 44.6 Å². The second kappa shape index (κ2) is 6.77. The van der Waals surface area contributed by atoms with Crippen molar-refractivity contribution in [2.24, 2.45) is 0 Å². The molecule has 0 spiro atoms. The van der Waals surface area contributed by atoms with Gasteiger partial charge in [0.05, 0.1) is 42.0 Å². The summed E-state index contributed by atoms with van der Waals surface area (Å²) in [4.78, 5) is 6.58. The molecule has 0 aromatic carbocycles. The first-order valence-electron chi connectivity index (χ1n) is 10.3. The first kappa shape index (κ1) is 16.8. The van der Waals surface area contributed by atoms with Gasteiger partial charge in [0.1, 0.15) is 11.4 Å². The van der Waals surface area contributed by atoms with Crippen LogP contribution in [0.25, 0.3) is 28.2 Å². The minimum absolute atomic E-state index is 0.0916. The maximum atomic E-state index is 5.79. The summed E-state index contributed by atoms with van der Waals surface area (Å²) in [7, 11) is 0. The largest absolute Gasteiger partial charge is 0.355 e. The van der Waals surface area contributed by atoms with E-state index in [4.69, 9.17) is 9.72 Å². The fourth-order valence-electron chi connectivity index (χ4n) is 4.01. The van der Waals surface area contributed by atoms with E-state index in [9.17, 15) is 0 Å². The third-order valence-electron chi connectivity index (χ3n) is 5.90. The second-order valence-electron chi connectivity index (χ2n) is 7.80. The lowest BCUT2D eigenvalue weighted by atomic mass is 9.93. The van der Waals surface area contributed by atoms with E-state index in [1.807, 2.05) is 23.0 Å². The van der Waals surface area contributed by atoms with E-state index in [0.29, 0.717) is 11.7 Å². The van der Waals surface area contributed by atoms with Gasteiger partial charge < -0.3 is 4.74 Å². The molecule has 148 valence electrons. The summed E-state index contributed by atoms with van der Waals surface area (Å²) < 4.78 is 9.70. The summed E-state index contributed by atoms with van der Waals surface area (Å²) in [6.07, 6.45) is 16.2. The number of aromatic nitrogens is 8. The summed E-state index contributed by atoms with van der Waals surface area (Å²) in [6, 6.07) is 2.49. The lowest BCUT2D eigenvalue weighted by Crippen LogP contribution is -2.20. The Bertz CT molecular complexity index is 1150. The quantitative estimate of drug-likeness (QED) is 0.531. The summed E-state index contributed by atoms with van der Waals surface area (Å²) in [6.45, 7) is 0.758. The zero-order chi connectivity index (χ0) is 19.2. The molecular weight excluding hydrogens is 368 g/mol. The van der Waals surface area contributed by atoms with Crippen molar-refractivity contribution in [3.63, 3.8) is 0 Å². The standard InChI is InChI=1S/C20H22N8O/c1-2-9-29-19(6-1)28-23-11-16(25-28)17-13-27-18(7-8-21-27)20(24-17)14-10-22-26(12-14)15-4-3-5-15/h7-8,10-13,15,19H,1-6,9H2. The lowest BCUT2D eigenvalue weighted by Gasteiger charge is -2.25. The number of nitrogens with zero attached hydrogens (tertiary/aromatic N) is 8. The van der Waals surface area contributed by atoms with Crippen molar-refractivity contribution >= 4 is 5.52 Å². The highest BCUT2D eigenvalue weighted by atomic mass is 16.5. The summed E-state index contributed by atoms with van der Waals surface area (Å²) in [5, 5.41) is 18.1. The van der Waals surface area contributed by atoms with Crippen LogP contribution in [-0.2, 0) is 4.74 Å². The van der Waals surface area contributed by atoms with Crippen molar-refractivity contribution < 1.29 is 4.74 Å². The molecule has 0 radical (unpaired) electrons. The second-order valence-corrected chi connectivity index (χ2v) is 7.80. The van der Waals surface area contributed by atoms with Crippen molar-refractivity contribution in [1.29, 1.82) is 0 Å². The van der Waals surface area contributed by atoms with Crippen molar-refractivity contribution in [2.75, 3.05) is 6.61 Å². The molecule has 2 aliphatic rings. The molecule has 4 aromatic heterocycles. The summed E-state index contributed by atoms with van der Waals surface area (Å²) in [5.41, 5.74) is 4.24. The number of hydrogen-bond acceptors (Lipinski definition) is 6. The molecule has 1 saturated carbocycles. The van der Waals surface area contributed by atoms with E-state index in [2.05, 4.69) is 31.3 Å². The Morgan fingerprint density at radius 1 is 0.931 bits per heavy atom. The molecule has 0 amide bonds. The van der Waals surface area contributed by atoms with Gasteiger partial charge in [-0.3, -0.25) is 4.68 Å². The van der Waals surface area contributed by atoms with Crippen LogP contribution in [-0.4, -0.2) is 46.0 Å². The Morgan fingerprint density at radius 2 is 1.90 bits per heavy atom. The average molecular weight is 390 g/mol. The molecule has 2 fully saturated rings. The number of hydrogen-bond donors (Lipinski definition) is 0. The van der Waals surface area contributed by atoms with Crippen LogP contribution >= 0.6 is 0 Å². The SMILES string of the molecule is c1cc2c(-c3cnn(C4CCC4)c3)nc(-c3cnn(C4CCCCO4)n3)cn2n1. The van der Waals surface area contributed by atoms with E-state index in [-0.39, 0.29) is 6.23 Å². The highest BCUT2D eigenvalue weighted by Gasteiger charge is 2.22. The zero-order valence-electron chi connectivity index (χ0n) is 16.1. The molecule has 6 rings (SSSR count). The van der Waals surface area contributed by atoms with Crippen molar-refractivity contribution in [2.45, 2.75) is 50.8 Å². The molecule has 1 aliphatic carbocycles. The lowest BCUT2D eigenvalue weighted by molar-refractivity contribution is -0.0479. The highest BCUT2D eigenvalue weighted by Crippen LogP contribution is 2.33. The van der Waals surface area contributed by atoms with Gasteiger partial charge in [-0.1, -0.05) is 0 Å². The molecule has 1 unspecified atom stereocenters. The van der Waals surface area contributed by atoms with Crippen LogP contribution in [0.1, 0.15) is 50.8 Å². The first-order valence-corrected chi connectivity index (χ1v) is 10.3. The fraction of sp³-hybridized carbons (Fsp3) is 0.450. The molecule has 9 heteroatoms. The van der Waals surface area contributed by atoms with Crippen LogP contribution in [0.3, 0.4) is 0 Å². The third-order valence-corrected chi connectivity index (χ3v) is 5.90. The molecule has 1 saturated heterocycles. The maximum Gasteiger partial charge on any atom is 0.169 e. The van der Waals surface area contributed by atoms with Gasteiger partial charge in [0, 0.05) is 18.4 Å². The number of rotatable bonds is 4. The zero-order valence-corrected chi connectivity index (χ0v) is 16.1. The Hall–Kier alpha value is -3.07. The van der Waals surface area contributed by atoms with Crippen molar-refractivity contribution in [1.82, 2.24) is 39.4 Å². The van der Waals surface area contributed by atoms with E-state index in [0.717, 1.165) is 48.3 Å². The van der Waals surface area contributed by atoms with Crippen molar-refractivity contribution in [3.8, 4) is 22.6 Å². The Kier molecular flexibility index (Phi) is 3.93. The van der Waals surface area contributed by atoms with E-state index in [1.54, 1.807) is 17.2 Å². The Labute approximate surface area is 167 Å². The monoisotopic (exact) mass is 390 g/mol. The molecule has 0 bridgehead atoms. The molecule has 1 atom stereocenters. The van der Waals surface area contributed by atoms with Crippen LogP contribution in [0.5, 0.6) is 0 Å². The van der Waals surface area contributed by atoms with Gasteiger partial charge in [0.15, 0.2) is 6.23 Å². The normalized spacial score (nSPS) is 20.2. The van der Waals surface area contributed by atoms with Crippen LogP contribution in [0.15, 0.2) is 37.1 Å². The molecule has 1 aliphatic heterocycles. The van der Waals surface area contributed by atoms with Gasteiger partial charge in [0.2, 0.25) is 0 Å². The van der Waals surface area contributed by atoms with Gasteiger partial charge in [0.25, 0.3) is 0 Å². The number of fused-ring (bicyclic) bond motifs is 1. The fourth-order valence-corrected chi connectivity index (χ4v) is 4.01. The minimum Gasteiger partial charge on any atom is -0.355 e. The summed E-state index contributed by atoms with van der Waals surface area (Å²) in [5.74, 6) is 0. The van der Waals surface area contributed by atoms with Crippen LogP contribution in [0.4, 0.5) is 0 Å². The van der Waals surface area contributed by atoms with Gasteiger partial charge in [-0.2, -0.15) is 20.1 Å².